The van der Waals surface area contributed by atoms with Gasteiger partial charge in [-0.1, -0.05) is 36.4 Å². The van der Waals surface area contributed by atoms with Crippen molar-refractivity contribution in [1.82, 2.24) is 5.32 Å². The van der Waals surface area contributed by atoms with E-state index in [0.717, 1.165) is 10.8 Å². The highest BCUT2D eigenvalue weighted by Gasteiger charge is 2.20. The predicted molar refractivity (Wildman–Crippen MR) is 113 cm³/mol. The molecule has 8 nitrogen and oxygen atoms in total. The van der Waals surface area contributed by atoms with Gasteiger partial charge in [0.25, 0.3) is 11.8 Å². The van der Waals surface area contributed by atoms with E-state index in [4.69, 9.17) is 14.2 Å². The maximum absolute atomic E-state index is 12.5. The standard InChI is InChI=1S/C23H20N2O6/c1-14(22(27)25-18-8-4-6-15-5-2-3-7-17(15)18)31-21(26)12-24-23(28)16-9-10-19-20(11-16)30-13-29-19/h2-11,14H,12-13H2,1H3,(H,24,28)(H,25,27). The van der Waals surface area contributed by atoms with Gasteiger partial charge in [0.1, 0.15) is 6.54 Å². The molecule has 0 saturated carbocycles. The summed E-state index contributed by atoms with van der Waals surface area (Å²) < 4.78 is 15.6. The average Bonchev–Trinajstić information content (AvgIpc) is 3.25. The molecular formula is C23H20N2O6. The number of hydrogen-bond donors (Lipinski definition) is 2. The lowest BCUT2D eigenvalue weighted by Gasteiger charge is -2.15. The summed E-state index contributed by atoms with van der Waals surface area (Å²) in [4.78, 5) is 36.8. The summed E-state index contributed by atoms with van der Waals surface area (Å²) in [6.45, 7) is 1.20. The van der Waals surface area contributed by atoms with Crippen molar-refractivity contribution in [3.8, 4) is 11.5 Å². The topological polar surface area (TPSA) is 103 Å². The molecule has 1 atom stereocenters. The fourth-order valence-corrected chi connectivity index (χ4v) is 3.15. The molecule has 0 aliphatic carbocycles. The van der Waals surface area contributed by atoms with Gasteiger partial charge in [-0.2, -0.15) is 0 Å². The lowest BCUT2D eigenvalue weighted by molar-refractivity contribution is -0.152. The van der Waals surface area contributed by atoms with Crippen molar-refractivity contribution in [3.05, 3.63) is 66.2 Å². The van der Waals surface area contributed by atoms with Crippen LogP contribution in [0.3, 0.4) is 0 Å². The zero-order valence-corrected chi connectivity index (χ0v) is 16.7. The number of hydrogen-bond acceptors (Lipinski definition) is 6. The van der Waals surface area contributed by atoms with Crippen LogP contribution in [0.25, 0.3) is 10.8 Å². The van der Waals surface area contributed by atoms with E-state index in [1.54, 1.807) is 18.2 Å². The van der Waals surface area contributed by atoms with Gasteiger partial charge in [0.15, 0.2) is 17.6 Å². The van der Waals surface area contributed by atoms with E-state index in [1.807, 2.05) is 36.4 Å². The Labute approximate surface area is 178 Å². The fourth-order valence-electron chi connectivity index (χ4n) is 3.15. The van der Waals surface area contributed by atoms with E-state index in [2.05, 4.69) is 10.6 Å². The highest BCUT2D eigenvalue weighted by molar-refractivity contribution is 6.04. The molecule has 2 N–H and O–H groups in total. The van der Waals surface area contributed by atoms with Gasteiger partial charge >= 0.3 is 5.97 Å². The highest BCUT2D eigenvalue weighted by Crippen LogP contribution is 2.32. The molecule has 0 aromatic heterocycles. The molecule has 1 aliphatic heterocycles. The van der Waals surface area contributed by atoms with Crippen LogP contribution < -0.4 is 20.1 Å². The molecule has 3 aromatic rings. The third-order valence-corrected chi connectivity index (χ3v) is 4.75. The smallest absolute Gasteiger partial charge is 0.326 e. The number of fused-ring (bicyclic) bond motifs is 2. The van der Waals surface area contributed by atoms with Gasteiger partial charge in [0, 0.05) is 16.6 Å². The van der Waals surface area contributed by atoms with Crippen LogP contribution in [0.2, 0.25) is 0 Å². The van der Waals surface area contributed by atoms with E-state index in [-0.39, 0.29) is 13.3 Å². The minimum atomic E-state index is -1.03. The fraction of sp³-hybridized carbons (Fsp3) is 0.174. The van der Waals surface area contributed by atoms with Crippen LogP contribution in [-0.2, 0) is 14.3 Å². The quantitative estimate of drug-likeness (QED) is 0.595. The summed E-state index contributed by atoms with van der Waals surface area (Å²) in [5, 5.41) is 7.11. The lowest BCUT2D eigenvalue weighted by atomic mass is 10.1. The largest absolute Gasteiger partial charge is 0.454 e. The molecule has 0 saturated heterocycles. The molecule has 0 radical (unpaired) electrons. The lowest BCUT2D eigenvalue weighted by Crippen LogP contribution is -2.35. The first-order valence-corrected chi connectivity index (χ1v) is 9.67. The van der Waals surface area contributed by atoms with Gasteiger partial charge in [-0.05, 0) is 36.6 Å². The van der Waals surface area contributed by atoms with Crippen molar-refractivity contribution >= 4 is 34.2 Å². The van der Waals surface area contributed by atoms with E-state index in [1.165, 1.54) is 13.0 Å². The minimum Gasteiger partial charge on any atom is -0.454 e. The molecule has 0 fully saturated rings. The first kappa shape index (κ1) is 20.2. The number of ether oxygens (including phenoxy) is 3. The predicted octanol–water partition coefficient (Wildman–Crippen LogP) is 2.87. The number of anilines is 1. The van der Waals surface area contributed by atoms with Gasteiger partial charge in [-0.3, -0.25) is 14.4 Å². The summed E-state index contributed by atoms with van der Waals surface area (Å²) >= 11 is 0. The molecule has 8 heteroatoms. The van der Waals surface area contributed by atoms with Crippen molar-refractivity contribution in [1.29, 1.82) is 0 Å². The SMILES string of the molecule is CC(OC(=O)CNC(=O)c1ccc2c(c1)OCO2)C(=O)Nc1cccc2ccccc12. The first-order chi connectivity index (χ1) is 15.0. The van der Waals surface area contributed by atoms with Crippen LogP contribution in [0.1, 0.15) is 17.3 Å². The van der Waals surface area contributed by atoms with E-state index >= 15 is 0 Å². The summed E-state index contributed by atoms with van der Waals surface area (Å²) in [6, 6.07) is 17.9. The molecule has 1 aliphatic rings. The van der Waals surface area contributed by atoms with Crippen molar-refractivity contribution in [2.24, 2.45) is 0 Å². The maximum atomic E-state index is 12.5. The number of amides is 2. The number of carbonyl (C=O) groups excluding carboxylic acids is 3. The second-order valence-corrected chi connectivity index (χ2v) is 6.90. The normalized spacial score (nSPS) is 12.8. The molecular weight excluding hydrogens is 400 g/mol. The van der Waals surface area contributed by atoms with E-state index in [0.29, 0.717) is 22.7 Å². The zero-order valence-electron chi connectivity index (χ0n) is 16.7. The van der Waals surface area contributed by atoms with Crippen molar-refractivity contribution in [2.45, 2.75) is 13.0 Å². The summed E-state index contributed by atoms with van der Waals surface area (Å²) in [7, 11) is 0. The Bertz CT molecular complexity index is 1150. The van der Waals surface area contributed by atoms with Crippen LogP contribution in [0, 0.1) is 0 Å². The Kier molecular flexibility index (Phi) is 5.70. The number of nitrogens with one attached hydrogen (secondary N) is 2. The molecule has 31 heavy (non-hydrogen) atoms. The molecule has 1 unspecified atom stereocenters. The summed E-state index contributed by atoms with van der Waals surface area (Å²) in [5.74, 6) is -0.638. The summed E-state index contributed by atoms with van der Waals surface area (Å²) in [5.41, 5.74) is 0.945. The number of esters is 1. The Morgan fingerprint density at radius 2 is 1.77 bits per heavy atom. The Morgan fingerprint density at radius 3 is 2.65 bits per heavy atom. The molecule has 0 bridgehead atoms. The van der Waals surface area contributed by atoms with Crippen molar-refractivity contribution in [2.75, 3.05) is 18.7 Å². The molecule has 2 amide bonds. The summed E-state index contributed by atoms with van der Waals surface area (Å²) in [6.07, 6.45) is -1.03. The second kappa shape index (κ2) is 8.74. The Morgan fingerprint density at radius 1 is 1.00 bits per heavy atom. The van der Waals surface area contributed by atoms with E-state index in [9.17, 15) is 14.4 Å². The monoisotopic (exact) mass is 420 g/mol. The second-order valence-electron chi connectivity index (χ2n) is 6.90. The minimum absolute atomic E-state index is 0.103. The zero-order chi connectivity index (χ0) is 21.8. The van der Waals surface area contributed by atoms with Crippen LogP contribution in [0.15, 0.2) is 60.7 Å². The molecule has 1 heterocycles. The number of carbonyl (C=O) groups is 3. The van der Waals surface area contributed by atoms with E-state index < -0.39 is 23.9 Å². The Hall–Kier alpha value is -4.07. The number of benzene rings is 3. The van der Waals surface area contributed by atoms with Crippen LogP contribution in [-0.4, -0.2) is 37.2 Å². The van der Waals surface area contributed by atoms with Gasteiger partial charge in [-0.15, -0.1) is 0 Å². The van der Waals surface area contributed by atoms with Gasteiger partial charge in [-0.25, -0.2) is 0 Å². The average molecular weight is 420 g/mol. The third kappa shape index (κ3) is 4.58. The highest BCUT2D eigenvalue weighted by atomic mass is 16.7. The van der Waals surface area contributed by atoms with Gasteiger partial charge < -0.3 is 24.8 Å². The van der Waals surface area contributed by atoms with Crippen LogP contribution >= 0.6 is 0 Å². The third-order valence-electron chi connectivity index (χ3n) is 4.75. The first-order valence-electron chi connectivity index (χ1n) is 9.67. The van der Waals surface area contributed by atoms with Crippen molar-refractivity contribution in [3.63, 3.8) is 0 Å². The van der Waals surface area contributed by atoms with Crippen molar-refractivity contribution < 1.29 is 28.6 Å². The van der Waals surface area contributed by atoms with Gasteiger partial charge in [0.2, 0.25) is 6.79 Å². The molecule has 4 rings (SSSR count). The van der Waals surface area contributed by atoms with Crippen LogP contribution in [0.4, 0.5) is 5.69 Å². The number of rotatable bonds is 6. The maximum Gasteiger partial charge on any atom is 0.326 e. The van der Waals surface area contributed by atoms with Gasteiger partial charge in [0.05, 0.1) is 0 Å². The molecule has 3 aromatic carbocycles. The molecule has 158 valence electrons. The Balaban J connectivity index is 1.30. The van der Waals surface area contributed by atoms with Crippen LogP contribution in [0.5, 0.6) is 11.5 Å². The molecule has 0 spiro atoms.